The number of halogens is 1. The Hall–Kier alpha value is -2.92. The first-order chi connectivity index (χ1) is 12.8. The molecular weight excluding hydrogens is 346 g/mol. The molecule has 0 N–H and O–H groups in total. The number of anilines is 1. The SMILES string of the molecule is Clc1ccc2c(N3CCn4c(nnc4-c4ccccc4)C3)ccnc2c1. The Bertz CT molecular complexity index is 1090. The second kappa shape index (κ2) is 6.11. The van der Waals surface area contributed by atoms with Crippen LogP contribution in [0.4, 0.5) is 5.69 Å². The van der Waals surface area contributed by atoms with Crippen molar-refractivity contribution in [1.82, 2.24) is 19.7 Å². The summed E-state index contributed by atoms with van der Waals surface area (Å²) < 4.78 is 2.21. The molecule has 0 saturated carbocycles. The van der Waals surface area contributed by atoms with Gasteiger partial charge in [0.05, 0.1) is 12.1 Å². The lowest BCUT2D eigenvalue weighted by Gasteiger charge is -2.30. The van der Waals surface area contributed by atoms with Gasteiger partial charge in [-0.1, -0.05) is 41.9 Å². The summed E-state index contributed by atoms with van der Waals surface area (Å²) in [7, 11) is 0. The molecule has 5 rings (SSSR count). The first-order valence-electron chi connectivity index (χ1n) is 8.56. The smallest absolute Gasteiger partial charge is 0.164 e. The van der Waals surface area contributed by atoms with Crippen LogP contribution in [0.15, 0.2) is 60.8 Å². The number of aromatic nitrogens is 4. The molecule has 0 saturated heterocycles. The van der Waals surface area contributed by atoms with Gasteiger partial charge < -0.3 is 9.47 Å². The van der Waals surface area contributed by atoms with E-state index in [0.717, 1.165) is 53.4 Å². The van der Waals surface area contributed by atoms with Gasteiger partial charge in [-0.05, 0) is 24.3 Å². The molecule has 0 radical (unpaired) electrons. The number of hydrogen-bond donors (Lipinski definition) is 0. The molecule has 0 aliphatic carbocycles. The minimum absolute atomic E-state index is 0.702. The van der Waals surface area contributed by atoms with Crippen molar-refractivity contribution in [3.8, 4) is 11.4 Å². The molecule has 3 heterocycles. The maximum Gasteiger partial charge on any atom is 0.164 e. The molecule has 1 aliphatic heterocycles. The molecule has 128 valence electrons. The summed E-state index contributed by atoms with van der Waals surface area (Å²) in [5.41, 5.74) is 3.16. The van der Waals surface area contributed by atoms with E-state index < -0.39 is 0 Å². The first-order valence-corrected chi connectivity index (χ1v) is 8.94. The van der Waals surface area contributed by atoms with Crippen molar-refractivity contribution in [3.05, 3.63) is 71.6 Å². The molecule has 2 aromatic heterocycles. The summed E-state index contributed by atoms with van der Waals surface area (Å²) in [6, 6.07) is 18.1. The van der Waals surface area contributed by atoms with Gasteiger partial charge in [0, 0.05) is 40.9 Å². The lowest BCUT2D eigenvalue weighted by molar-refractivity contribution is 0.565. The summed E-state index contributed by atoms with van der Waals surface area (Å²) >= 11 is 6.11. The van der Waals surface area contributed by atoms with Crippen molar-refractivity contribution in [2.45, 2.75) is 13.1 Å². The van der Waals surface area contributed by atoms with Crippen molar-refractivity contribution in [2.75, 3.05) is 11.4 Å². The Kier molecular flexibility index (Phi) is 3.60. The molecule has 0 bridgehead atoms. The van der Waals surface area contributed by atoms with Crippen LogP contribution < -0.4 is 4.90 Å². The summed E-state index contributed by atoms with van der Waals surface area (Å²) in [5.74, 6) is 1.92. The average Bonchev–Trinajstić information content (AvgIpc) is 3.11. The van der Waals surface area contributed by atoms with Crippen LogP contribution in [0, 0.1) is 0 Å². The summed E-state index contributed by atoms with van der Waals surface area (Å²) in [4.78, 5) is 6.77. The van der Waals surface area contributed by atoms with Crippen LogP contribution >= 0.6 is 11.6 Å². The molecule has 2 aromatic carbocycles. The highest BCUT2D eigenvalue weighted by Gasteiger charge is 2.23. The number of fused-ring (bicyclic) bond motifs is 2. The van der Waals surface area contributed by atoms with Crippen molar-refractivity contribution in [3.63, 3.8) is 0 Å². The molecule has 4 aromatic rings. The lowest BCUT2D eigenvalue weighted by Crippen LogP contribution is -2.34. The minimum Gasteiger partial charge on any atom is -0.362 e. The van der Waals surface area contributed by atoms with E-state index in [1.807, 2.05) is 42.6 Å². The highest BCUT2D eigenvalue weighted by atomic mass is 35.5. The maximum atomic E-state index is 6.11. The fourth-order valence-corrected chi connectivity index (χ4v) is 3.71. The second-order valence-corrected chi connectivity index (χ2v) is 6.81. The third-order valence-corrected chi connectivity index (χ3v) is 5.04. The van der Waals surface area contributed by atoms with Gasteiger partial charge in [-0.2, -0.15) is 0 Å². The number of rotatable bonds is 2. The third-order valence-electron chi connectivity index (χ3n) is 4.81. The minimum atomic E-state index is 0.702. The summed E-state index contributed by atoms with van der Waals surface area (Å²) in [5, 5.41) is 10.7. The van der Waals surface area contributed by atoms with Gasteiger partial charge in [-0.25, -0.2) is 0 Å². The lowest BCUT2D eigenvalue weighted by atomic mass is 10.1. The quantitative estimate of drug-likeness (QED) is 0.537. The molecule has 26 heavy (non-hydrogen) atoms. The molecule has 0 fully saturated rings. The van der Waals surface area contributed by atoms with Crippen LogP contribution in [0.1, 0.15) is 5.82 Å². The Morgan fingerprint density at radius 2 is 1.81 bits per heavy atom. The van der Waals surface area contributed by atoms with Gasteiger partial charge in [0.15, 0.2) is 11.6 Å². The van der Waals surface area contributed by atoms with Crippen LogP contribution in [-0.4, -0.2) is 26.3 Å². The Labute approximate surface area is 155 Å². The van der Waals surface area contributed by atoms with Gasteiger partial charge >= 0.3 is 0 Å². The predicted octanol–water partition coefficient (Wildman–Crippen LogP) is 4.17. The van der Waals surface area contributed by atoms with E-state index in [0.29, 0.717) is 5.02 Å². The van der Waals surface area contributed by atoms with E-state index in [4.69, 9.17) is 11.6 Å². The van der Waals surface area contributed by atoms with Crippen molar-refractivity contribution in [2.24, 2.45) is 0 Å². The summed E-state index contributed by atoms with van der Waals surface area (Å²) in [6.45, 7) is 2.47. The predicted molar refractivity (Wildman–Crippen MR) is 103 cm³/mol. The molecule has 1 aliphatic rings. The van der Waals surface area contributed by atoms with Gasteiger partial charge in [-0.3, -0.25) is 4.98 Å². The van der Waals surface area contributed by atoms with Crippen molar-refractivity contribution in [1.29, 1.82) is 0 Å². The summed E-state index contributed by atoms with van der Waals surface area (Å²) in [6.07, 6.45) is 1.84. The Morgan fingerprint density at radius 3 is 2.69 bits per heavy atom. The molecule has 0 atom stereocenters. The molecular formula is C20H16ClN5. The number of pyridine rings is 1. The van der Waals surface area contributed by atoms with Crippen LogP contribution in [0.2, 0.25) is 5.02 Å². The van der Waals surface area contributed by atoms with Gasteiger partial charge in [0.25, 0.3) is 0 Å². The number of nitrogens with zero attached hydrogens (tertiary/aromatic N) is 5. The highest BCUT2D eigenvalue weighted by molar-refractivity contribution is 6.31. The van der Waals surface area contributed by atoms with Crippen LogP contribution in [0.3, 0.4) is 0 Å². The standard InChI is InChI=1S/C20H16ClN5/c21-15-6-7-16-17(12-15)22-9-8-18(16)25-10-11-26-19(13-25)23-24-20(26)14-4-2-1-3-5-14/h1-9,12H,10-11,13H2. The molecule has 0 unspecified atom stereocenters. The van der Waals surface area contributed by atoms with Crippen LogP contribution in [0.5, 0.6) is 0 Å². The average molecular weight is 362 g/mol. The Morgan fingerprint density at radius 1 is 0.923 bits per heavy atom. The number of hydrogen-bond acceptors (Lipinski definition) is 4. The van der Waals surface area contributed by atoms with Gasteiger partial charge in [0.1, 0.15) is 0 Å². The zero-order valence-electron chi connectivity index (χ0n) is 14.0. The van der Waals surface area contributed by atoms with E-state index in [2.05, 4.69) is 42.8 Å². The second-order valence-electron chi connectivity index (χ2n) is 6.37. The first kappa shape index (κ1) is 15.3. The van der Waals surface area contributed by atoms with Crippen molar-refractivity contribution < 1.29 is 0 Å². The monoisotopic (exact) mass is 361 g/mol. The van der Waals surface area contributed by atoms with Gasteiger partial charge in [0.2, 0.25) is 0 Å². The fourth-order valence-electron chi connectivity index (χ4n) is 3.55. The molecule has 0 spiro atoms. The highest BCUT2D eigenvalue weighted by Crippen LogP contribution is 2.30. The maximum absolute atomic E-state index is 6.11. The molecule has 5 nitrogen and oxygen atoms in total. The normalized spacial score (nSPS) is 13.8. The zero-order valence-corrected chi connectivity index (χ0v) is 14.8. The topological polar surface area (TPSA) is 46.8 Å². The third kappa shape index (κ3) is 2.52. The van der Waals surface area contributed by atoms with E-state index in [9.17, 15) is 0 Å². The zero-order chi connectivity index (χ0) is 17.5. The van der Waals surface area contributed by atoms with E-state index in [1.54, 1.807) is 0 Å². The largest absolute Gasteiger partial charge is 0.362 e. The Balaban J connectivity index is 1.52. The fraction of sp³-hybridized carbons (Fsp3) is 0.150. The molecule has 6 heteroatoms. The van der Waals surface area contributed by atoms with Crippen LogP contribution in [0.25, 0.3) is 22.3 Å². The number of benzene rings is 2. The van der Waals surface area contributed by atoms with Gasteiger partial charge in [-0.15, -0.1) is 10.2 Å². The van der Waals surface area contributed by atoms with E-state index in [1.165, 1.54) is 0 Å². The van der Waals surface area contributed by atoms with E-state index in [-0.39, 0.29) is 0 Å². The van der Waals surface area contributed by atoms with E-state index >= 15 is 0 Å². The molecule has 0 amide bonds. The van der Waals surface area contributed by atoms with Crippen molar-refractivity contribution >= 4 is 28.2 Å². The van der Waals surface area contributed by atoms with Crippen LogP contribution in [-0.2, 0) is 13.1 Å².